The zero-order valence-electron chi connectivity index (χ0n) is 7.75. The van der Waals surface area contributed by atoms with E-state index in [9.17, 15) is 17.2 Å². The molecule has 0 amide bonds. The van der Waals surface area contributed by atoms with Crippen LogP contribution in [0.5, 0.6) is 0 Å². The summed E-state index contributed by atoms with van der Waals surface area (Å²) >= 11 is 5.54. The summed E-state index contributed by atoms with van der Waals surface area (Å²) in [6.45, 7) is 1.52. The molecule has 1 aromatic heterocycles. The fraction of sp³-hybridized carbons (Fsp3) is 0.375. The van der Waals surface area contributed by atoms with Crippen molar-refractivity contribution in [3.63, 3.8) is 0 Å². The maximum Gasteiger partial charge on any atom is 0.337 e. The molecular formula is C8H8ClF2NO2S. The molecule has 0 spiro atoms. The number of sulfone groups is 1. The quantitative estimate of drug-likeness (QED) is 0.778. The highest BCUT2D eigenvalue weighted by molar-refractivity contribution is 7.90. The van der Waals surface area contributed by atoms with Gasteiger partial charge in [-0.25, -0.2) is 13.4 Å². The van der Waals surface area contributed by atoms with Gasteiger partial charge in [0.15, 0.2) is 0 Å². The van der Waals surface area contributed by atoms with Crippen LogP contribution < -0.4 is 0 Å². The van der Waals surface area contributed by atoms with Crippen LogP contribution in [0.2, 0.25) is 5.15 Å². The van der Waals surface area contributed by atoms with E-state index >= 15 is 0 Å². The molecule has 0 aliphatic carbocycles. The van der Waals surface area contributed by atoms with Crippen molar-refractivity contribution in [1.82, 2.24) is 4.98 Å². The molecule has 0 aliphatic heterocycles. The molecule has 0 N–H and O–H groups in total. The third-order valence-electron chi connectivity index (χ3n) is 1.79. The van der Waals surface area contributed by atoms with Gasteiger partial charge in [0.05, 0.1) is 5.75 Å². The number of pyridine rings is 1. The number of hydrogen-bond donors (Lipinski definition) is 0. The van der Waals surface area contributed by atoms with Crippen molar-refractivity contribution in [3.8, 4) is 0 Å². The standard InChI is InChI=1S/C8H8ClF2NO2S/c1-5-6(2-3-7(9)12-5)4-15(13,14)8(10)11/h2-3,8H,4H2,1H3. The first-order valence-corrected chi connectivity index (χ1v) is 6.04. The number of aryl methyl sites for hydroxylation is 1. The minimum atomic E-state index is -4.40. The summed E-state index contributed by atoms with van der Waals surface area (Å²) in [4.78, 5) is 3.77. The number of halogens is 3. The molecule has 1 heterocycles. The van der Waals surface area contributed by atoms with Crippen LogP contribution in [-0.4, -0.2) is 19.2 Å². The van der Waals surface area contributed by atoms with Crippen molar-refractivity contribution >= 4 is 21.4 Å². The topological polar surface area (TPSA) is 47.0 Å². The average molecular weight is 256 g/mol. The molecule has 84 valence electrons. The number of aromatic nitrogens is 1. The lowest BCUT2D eigenvalue weighted by molar-refractivity contribution is 0.234. The fourth-order valence-corrected chi connectivity index (χ4v) is 2.05. The smallest absolute Gasteiger partial charge is 0.241 e. The molecule has 0 bridgehead atoms. The van der Waals surface area contributed by atoms with E-state index in [1.165, 1.54) is 19.1 Å². The Bertz CT molecular complexity index is 462. The Morgan fingerprint density at radius 2 is 2.07 bits per heavy atom. The number of alkyl halides is 2. The Balaban J connectivity index is 3.01. The summed E-state index contributed by atoms with van der Waals surface area (Å²) < 4.78 is 46.0. The molecule has 0 fully saturated rings. The van der Waals surface area contributed by atoms with Gasteiger partial charge in [-0.15, -0.1) is 0 Å². The van der Waals surface area contributed by atoms with E-state index in [1.54, 1.807) is 0 Å². The van der Waals surface area contributed by atoms with E-state index < -0.39 is 21.3 Å². The van der Waals surface area contributed by atoms with Crippen molar-refractivity contribution in [2.45, 2.75) is 18.4 Å². The van der Waals surface area contributed by atoms with E-state index in [0.717, 1.165) is 0 Å². The number of hydrogen-bond acceptors (Lipinski definition) is 3. The summed E-state index contributed by atoms with van der Waals surface area (Å²) in [6.07, 6.45) is 0. The molecule has 3 nitrogen and oxygen atoms in total. The second-order valence-corrected chi connectivity index (χ2v) is 5.30. The third-order valence-corrected chi connectivity index (χ3v) is 3.26. The normalized spacial score (nSPS) is 12.1. The summed E-state index contributed by atoms with van der Waals surface area (Å²) in [6, 6.07) is 2.75. The summed E-state index contributed by atoms with van der Waals surface area (Å²) in [5.41, 5.74) is 0.575. The van der Waals surface area contributed by atoms with Gasteiger partial charge in [-0.05, 0) is 18.6 Å². The van der Waals surface area contributed by atoms with E-state index in [-0.39, 0.29) is 10.7 Å². The molecule has 0 aromatic carbocycles. The third kappa shape index (κ3) is 3.10. The van der Waals surface area contributed by atoms with Crippen molar-refractivity contribution in [3.05, 3.63) is 28.5 Å². The van der Waals surface area contributed by atoms with E-state index in [2.05, 4.69) is 4.98 Å². The van der Waals surface area contributed by atoms with Gasteiger partial charge in [-0.2, -0.15) is 8.78 Å². The Morgan fingerprint density at radius 3 is 2.53 bits per heavy atom. The molecule has 15 heavy (non-hydrogen) atoms. The van der Waals surface area contributed by atoms with Gasteiger partial charge >= 0.3 is 5.76 Å². The monoisotopic (exact) mass is 255 g/mol. The van der Waals surface area contributed by atoms with Gasteiger partial charge in [-0.1, -0.05) is 17.7 Å². The number of rotatable bonds is 3. The van der Waals surface area contributed by atoms with E-state index in [1.807, 2.05) is 0 Å². The van der Waals surface area contributed by atoms with Gasteiger partial charge in [0.2, 0.25) is 9.84 Å². The van der Waals surface area contributed by atoms with E-state index in [4.69, 9.17) is 11.6 Å². The largest absolute Gasteiger partial charge is 0.337 e. The van der Waals surface area contributed by atoms with Crippen LogP contribution >= 0.6 is 11.6 Å². The van der Waals surface area contributed by atoms with E-state index in [0.29, 0.717) is 5.69 Å². The predicted molar refractivity (Wildman–Crippen MR) is 52.6 cm³/mol. The lowest BCUT2D eigenvalue weighted by Gasteiger charge is -2.05. The second kappa shape index (κ2) is 4.40. The van der Waals surface area contributed by atoms with Crippen LogP contribution in [0.25, 0.3) is 0 Å². The summed E-state index contributed by atoms with van der Waals surface area (Å²) in [7, 11) is -4.40. The second-order valence-electron chi connectivity index (χ2n) is 2.95. The molecule has 1 aromatic rings. The van der Waals surface area contributed by atoms with Crippen molar-refractivity contribution < 1.29 is 17.2 Å². The number of nitrogens with zero attached hydrogens (tertiary/aromatic N) is 1. The molecule has 0 atom stereocenters. The molecule has 0 saturated carbocycles. The molecule has 0 radical (unpaired) electrons. The first-order chi connectivity index (χ1) is 6.83. The molecule has 1 rings (SSSR count). The highest BCUT2D eigenvalue weighted by Gasteiger charge is 2.25. The fourth-order valence-electron chi connectivity index (χ4n) is 0.992. The van der Waals surface area contributed by atoms with Gasteiger partial charge in [-0.3, -0.25) is 0 Å². The minimum Gasteiger partial charge on any atom is -0.241 e. The van der Waals surface area contributed by atoms with Crippen molar-refractivity contribution in [2.75, 3.05) is 0 Å². The first kappa shape index (κ1) is 12.3. The lowest BCUT2D eigenvalue weighted by atomic mass is 10.2. The molecule has 0 unspecified atom stereocenters. The van der Waals surface area contributed by atoms with Crippen LogP contribution in [0.4, 0.5) is 8.78 Å². The molecular weight excluding hydrogens is 248 g/mol. The molecule has 0 aliphatic rings. The summed E-state index contributed by atoms with van der Waals surface area (Å²) in [5.74, 6) is -4.09. The van der Waals surface area contributed by atoms with Crippen LogP contribution in [-0.2, 0) is 15.6 Å². The average Bonchev–Trinajstić information content (AvgIpc) is 2.09. The van der Waals surface area contributed by atoms with Crippen LogP contribution in [0.1, 0.15) is 11.3 Å². The van der Waals surface area contributed by atoms with Gasteiger partial charge in [0, 0.05) is 5.69 Å². The zero-order chi connectivity index (χ0) is 11.6. The Labute approximate surface area is 91.0 Å². The van der Waals surface area contributed by atoms with Gasteiger partial charge in [0.1, 0.15) is 5.15 Å². The highest BCUT2D eigenvalue weighted by Crippen LogP contribution is 2.17. The van der Waals surface area contributed by atoms with Crippen molar-refractivity contribution in [1.29, 1.82) is 0 Å². The lowest BCUT2D eigenvalue weighted by Crippen LogP contribution is -2.14. The van der Waals surface area contributed by atoms with Crippen LogP contribution in [0.3, 0.4) is 0 Å². The zero-order valence-corrected chi connectivity index (χ0v) is 9.32. The van der Waals surface area contributed by atoms with Crippen LogP contribution in [0, 0.1) is 6.92 Å². The Hall–Kier alpha value is -0.750. The maximum atomic E-state index is 12.1. The maximum absolute atomic E-state index is 12.1. The van der Waals surface area contributed by atoms with Gasteiger partial charge in [0.25, 0.3) is 0 Å². The molecule has 7 heteroatoms. The van der Waals surface area contributed by atoms with Crippen molar-refractivity contribution in [2.24, 2.45) is 0 Å². The first-order valence-electron chi connectivity index (χ1n) is 3.94. The Kier molecular flexibility index (Phi) is 3.62. The minimum absolute atomic E-state index is 0.200. The van der Waals surface area contributed by atoms with Gasteiger partial charge < -0.3 is 0 Å². The molecule has 0 saturated heterocycles. The SMILES string of the molecule is Cc1nc(Cl)ccc1CS(=O)(=O)C(F)F. The highest BCUT2D eigenvalue weighted by atomic mass is 35.5. The van der Waals surface area contributed by atoms with Crippen LogP contribution in [0.15, 0.2) is 12.1 Å². The summed E-state index contributed by atoms with van der Waals surface area (Å²) in [5, 5.41) is 0.200. The Morgan fingerprint density at radius 1 is 1.47 bits per heavy atom. The predicted octanol–water partition coefficient (Wildman–Crippen LogP) is 2.18.